The van der Waals surface area contributed by atoms with E-state index >= 15 is 0 Å². The number of pyridine rings is 1. The lowest BCUT2D eigenvalue weighted by molar-refractivity contribution is 0.0978. The molecule has 1 amide bonds. The van der Waals surface area contributed by atoms with Crippen molar-refractivity contribution >= 4 is 22.8 Å². The van der Waals surface area contributed by atoms with Gasteiger partial charge in [0.15, 0.2) is 0 Å². The number of rotatable bonds is 7. The molecule has 2 heterocycles. The van der Waals surface area contributed by atoms with E-state index in [0.717, 1.165) is 17.6 Å². The highest BCUT2D eigenvalue weighted by Crippen LogP contribution is 2.25. The molecule has 0 radical (unpaired) electrons. The van der Waals surface area contributed by atoms with E-state index in [1.165, 1.54) is 12.0 Å². The molecule has 0 atom stereocenters. The van der Waals surface area contributed by atoms with Crippen molar-refractivity contribution in [3.05, 3.63) is 42.2 Å². The van der Waals surface area contributed by atoms with E-state index in [-0.39, 0.29) is 5.91 Å². The largest absolute Gasteiger partial charge is 0.496 e. The number of hydrogen-bond acceptors (Lipinski definition) is 6. The Morgan fingerprint density at radius 1 is 1.07 bits per heavy atom. The van der Waals surface area contributed by atoms with Crippen LogP contribution in [0, 0.1) is 0 Å². The van der Waals surface area contributed by atoms with Gasteiger partial charge in [-0.2, -0.15) is 4.98 Å². The van der Waals surface area contributed by atoms with E-state index < -0.39 is 0 Å². The van der Waals surface area contributed by atoms with Gasteiger partial charge < -0.3 is 18.9 Å². The van der Waals surface area contributed by atoms with E-state index in [4.69, 9.17) is 9.47 Å². The van der Waals surface area contributed by atoms with Gasteiger partial charge in [-0.15, -0.1) is 0 Å². The number of carbonyl (C=O) groups is 1. The smallest absolute Gasteiger partial charge is 0.295 e. The number of fused-ring (bicyclic) bond motifs is 1. The zero-order chi connectivity index (χ0) is 20.3. The normalized spacial score (nSPS) is 11.1. The summed E-state index contributed by atoms with van der Waals surface area (Å²) in [7, 11) is 8.74. The number of amides is 1. The minimum absolute atomic E-state index is 0.252. The number of methoxy groups -OCH3 is 2. The third-order valence-corrected chi connectivity index (χ3v) is 4.47. The van der Waals surface area contributed by atoms with Crippen molar-refractivity contribution in [3.63, 3.8) is 0 Å². The zero-order valence-electron chi connectivity index (χ0n) is 16.8. The molecule has 0 spiro atoms. The number of aromatic nitrogens is 3. The van der Waals surface area contributed by atoms with Crippen molar-refractivity contribution in [3.8, 4) is 11.6 Å². The Kier molecular flexibility index (Phi) is 5.79. The Bertz CT molecular complexity index is 961. The molecule has 8 nitrogen and oxygen atoms in total. The number of nitrogens with zero attached hydrogens (tertiary/aromatic N) is 5. The van der Waals surface area contributed by atoms with Crippen LogP contribution >= 0.6 is 0 Å². The standard InChI is InChI=1S/C20H25N5O3/c1-23(2)10-11-25-16-9-7-6-8-15(16)21-19(25)20(26)24(3)17-12-14(27-4)13-18(22-17)28-5/h6-9,12-13H,10-11H2,1-5H3. The van der Waals surface area contributed by atoms with Crippen LogP contribution in [0.4, 0.5) is 5.82 Å². The summed E-state index contributed by atoms with van der Waals surface area (Å²) in [6.45, 7) is 1.44. The highest BCUT2D eigenvalue weighted by Gasteiger charge is 2.23. The van der Waals surface area contributed by atoms with Crippen LogP contribution < -0.4 is 14.4 Å². The second kappa shape index (κ2) is 8.26. The minimum Gasteiger partial charge on any atom is -0.496 e. The lowest BCUT2D eigenvalue weighted by atomic mass is 10.3. The summed E-state index contributed by atoms with van der Waals surface area (Å²) >= 11 is 0. The van der Waals surface area contributed by atoms with E-state index in [9.17, 15) is 4.79 Å². The van der Waals surface area contributed by atoms with Crippen molar-refractivity contribution in [2.24, 2.45) is 0 Å². The molecule has 0 fully saturated rings. The van der Waals surface area contributed by atoms with Crippen LogP contribution in [0.5, 0.6) is 11.6 Å². The van der Waals surface area contributed by atoms with Crippen LogP contribution in [0.25, 0.3) is 11.0 Å². The topological polar surface area (TPSA) is 72.7 Å². The fraction of sp³-hybridized carbons (Fsp3) is 0.350. The Labute approximate surface area is 164 Å². The van der Waals surface area contributed by atoms with E-state index in [1.54, 1.807) is 26.3 Å². The molecule has 2 aromatic heterocycles. The molecule has 0 bridgehead atoms. The van der Waals surface area contributed by atoms with Crippen LogP contribution in [0.15, 0.2) is 36.4 Å². The van der Waals surface area contributed by atoms with Crippen LogP contribution in [0.3, 0.4) is 0 Å². The van der Waals surface area contributed by atoms with Crippen molar-refractivity contribution < 1.29 is 14.3 Å². The molecule has 148 valence electrons. The number of para-hydroxylation sites is 2. The van der Waals surface area contributed by atoms with Crippen LogP contribution in [0.1, 0.15) is 10.6 Å². The number of likely N-dealkylation sites (N-methyl/N-ethyl adjacent to an activating group) is 1. The lowest BCUT2D eigenvalue weighted by Crippen LogP contribution is -2.31. The summed E-state index contributed by atoms with van der Waals surface area (Å²) in [5.74, 6) is 1.47. The maximum atomic E-state index is 13.3. The van der Waals surface area contributed by atoms with Gasteiger partial charge >= 0.3 is 0 Å². The molecule has 1 aromatic carbocycles. The van der Waals surface area contributed by atoms with E-state index in [0.29, 0.717) is 29.8 Å². The molecule has 0 aliphatic rings. The molecule has 0 aliphatic carbocycles. The predicted molar refractivity (Wildman–Crippen MR) is 108 cm³/mol. The van der Waals surface area contributed by atoms with Gasteiger partial charge in [0.2, 0.25) is 11.7 Å². The van der Waals surface area contributed by atoms with Crippen molar-refractivity contribution in [2.45, 2.75) is 6.54 Å². The Balaban J connectivity index is 2.02. The van der Waals surface area contributed by atoms with Crippen molar-refractivity contribution in [1.82, 2.24) is 19.4 Å². The Hall–Kier alpha value is -3.13. The van der Waals surface area contributed by atoms with Crippen LogP contribution in [-0.4, -0.2) is 67.2 Å². The molecule has 3 aromatic rings. The number of anilines is 1. The van der Waals surface area contributed by atoms with Gasteiger partial charge in [0.1, 0.15) is 11.6 Å². The first kappa shape index (κ1) is 19.6. The van der Waals surface area contributed by atoms with Gasteiger partial charge in [-0.25, -0.2) is 4.98 Å². The molecule has 0 saturated heterocycles. The molecule has 0 N–H and O–H groups in total. The first-order chi connectivity index (χ1) is 13.4. The number of carbonyl (C=O) groups excluding carboxylic acids is 1. The molecule has 8 heteroatoms. The summed E-state index contributed by atoms with van der Waals surface area (Å²) in [5.41, 5.74) is 1.71. The number of benzene rings is 1. The molecule has 3 rings (SSSR count). The SMILES string of the molecule is COc1cc(OC)nc(N(C)C(=O)c2nc3ccccc3n2CCN(C)C)c1. The average Bonchev–Trinajstić information content (AvgIpc) is 3.09. The van der Waals surface area contributed by atoms with Crippen molar-refractivity contribution in [2.75, 3.05) is 46.8 Å². The molecule has 0 saturated carbocycles. The fourth-order valence-electron chi connectivity index (χ4n) is 2.88. The molecular weight excluding hydrogens is 358 g/mol. The van der Waals surface area contributed by atoms with Gasteiger partial charge in [0, 0.05) is 32.3 Å². The van der Waals surface area contributed by atoms with Crippen LogP contribution in [-0.2, 0) is 6.54 Å². The molecule has 28 heavy (non-hydrogen) atoms. The first-order valence-electron chi connectivity index (χ1n) is 8.92. The highest BCUT2D eigenvalue weighted by atomic mass is 16.5. The van der Waals surface area contributed by atoms with Crippen LogP contribution in [0.2, 0.25) is 0 Å². The number of imidazole rings is 1. The summed E-state index contributed by atoms with van der Waals surface area (Å²) < 4.78 is 12.4. The summed E-state index contributed by atoms with van der Waals surface area (Å²) in [5, 5.41) is 0. The molecule has 0 aliphatic heterocycles. The fourth-order valence-corrected chi connectivity index (χ4v) is 2.88. The second-order valence-electron chi connectivity index (χ2n) is 6.65. The minimum atomic E-state index is -0.252. The second-order valence-corrected chi connectivity index (χ2v) is 6.65. The van der Waals surface area contributed by atoms with Crippen molar-refractivity contribution in [1.29, 1.82) is 0 Å². The Morgan fingerprint density at radius 3 is 2.50 bits per heavy atom. The van der Waals surface area contributed by atoms with E-state index in [2.05, 4.69) is 14.9 Å². The number of hydrogen-bond donors (Lipinski definition) is 0. The first-order valence-corrected chi connectivity index (χ1v) is 8.92. The average molecular weight is 383 g/mol. The molecule has 0 unspecified atom stereocenters. The third-order valence-electron chi connectivity index (χ3n) is 4.47. The lowest BCUT2D eigenvalue weighted by Gasteiger charge is -2.19. The maximum Gasteiger partial charge on any atom is 0.295 e. The number of ether oxygens (including phenoxy) is 2. The van der Waals surface area contributed by atoms with Gasteiger partial charge in [0.05, 0.1) is 25.3 Å². The van der Waals surface area contributed by atoms with Gasteiger partial charge in [-0.1, -0.05) is 12.1 Å². The predicted octanol–water partition coefficient (Wildman–Crippen LogP) is 2.29. The van der Waals surface area contributed by atoms with E-state index in [1.807, 2.05) is 42.9 Å². The summed E-state index contributed by atoms with van der Waals surface area (Å²) in [4.78, 5) is 25.8. The maximum absolute atomic E-state index is 13.3. The van der Waals surface area contributed by atoms with Gasteiger partial charge in [-0.3, -0.25) is 9.69 Å². The molecular formula is C20H25N5O3. The third kappa shape index (κ3) is 3.91. The summed E-state index contributed by atoms with van der Waals surface area (Å²) in [6.07, 6.45) is 0. The quantitative estimate of drug-likeness (QED) is 0.623. The monoisotopic (exact) mass is 383 g/mol. The Morgan fingerprint density at radius 2 is 1.82 bits per heavy atom. The summed E-state index contributed by atoms with van der Waals surface area (Å²) in [6, 6.07) is 11.1. The highest BCUT2D eigenvalue weighted by molar-refractivity contribution is 6.04. The van der Waals surface area contributed by atoms with Gasteiger partial charge in [-0.05, 0) is 26.2 Å². The zero-order valence-corrected chi connectivity index (χ0v) is 16.8. The van der Waals surface area contributed by atoms with Gasteiger partial charge in [0.25, 0.3) is 5.91 Å².